The van der Waals surface area contributed by atoms with Gasteiger partial charge in [0.2, 0.25) is 0 Å². The zero-order valence-corrected chi connectivity index (χ0v) is 66.4. The van der Waals surface area contributed by atoms with Gasteiger partial charge in [-0.1, -0.05) is 375 Å². The number of ether oxygens (including phenoxy) is 4. The van der Waals surface area contributed by atoms with Crippen LogP contribution in [0, 0.1) is 5.92 Å². The minimum Gasteiger partial charge on any atom is -0.462 e. The van der Waals surface area contributed by atoms with Crippen LogP contribution in [0.1, 0.15) is 426 Å². The number of esters is 4. The highest BCUT2D eigenvalue weighted by Crippen LogP contribution is 2.45. The quantitative estimate of drug-likeness (QED) is 0.0222. The molecule has 0 fully saturated rings. The summed E-state index contributed by atoms with van der Waals surface area (Å²) in [5.74, 6) is -1.32. The topological polar surface area (TPSA) is 237 Å². The van der Waals surface area contributed by atoms with Gasteiger partial charge in [0.1, 0.15) is 19.3 Å². The van der Waals surface area contributed by atoms with Crippen LogP contribution in [0.2, 0.25) is 0 Å². The maximum atomic E-state index is 13.1. The number of unbranched alkanes of at least 4 members (excludes halogenated alkanes) is 52. The number of carbonyl (C=O) groups is 4. The van der Waals surface area contributed by atoms with Gasteiger partial charge in [0.05, 0.1) is 26.4 Å². The zero-order valence-electron chi connectivity index (χ0n) is 64.6. The summed E-state index contributed by atoms with van der Waals surface area (Å²) in [5.41, 5.74) is 0. The van der Waals surface area contributed by atoms with Crippen molar-refractivity contribution in [1.29, 1.82) is 0 Å². The monoisotopic (exact) mass is 1450 g/mol. The van der Waals surface area contributed by atoms with Gasteiger partial charge in [0.15, 0.2) is 12.2 Å². The summed E-state index contributed by atoms with van der Waals surface area (Å²) in [6, 6.07) is 0. The molecule has 0 aliphatic carbocycles. The summed E-state index contributed by atoms with van der Waals surface area (Å²) in [4.78, 5) is 73.0. The molecule has 5 atom stereocenters. The van der Waals surface area contributed by atoms with E-state index in [2.05, 4.69) is 34.6 Å². The number of hydrogen-bond acceptors (Lipinski definition) is 15. The van der Waals surface area contributed by atoms with E-state index in [4.69, 9.17) is 37.0 Å². The van der Waals surface area contributed by atoms with Gasteiger partial charge in [-0.25, -0.2) is 9.13 Å². The van der Waals surface area contributed by atoms with E-state index in [1.54, 1.807) is 0 Å². The number of hydrogen-bond donors (Lipinski definition) is 3. The van der Waals surface area contributed by atoms with Crippen LogP contribution in [0.25, 0.3) is 0 Å². The molecule has 0 radical (unpaired) electrons. The second-order valence-electron chi connectivity index (χ2n) is 29.3. The standard InChI is InChI=1S/C80H156O17P2/c1-6-9-12-15-18-21-24-26-28-30-34-39-44-49-54-59-64-78(83)91-70-76(97-80(85)66-61-56-51-46-41-36-32-33-38-42-47-52-57-62-73(4)5)72-95-99(88,89)93-68-74(81)67-92-98(86,87)94-71-75(69-90-77(82)63-58-53-48-43-37-23-20-17-14-11-8-3)96-79(84)65-60-55-50-45-40-35-31-29-27-25-22-19-16-13-10-7-2/h73-76,81H,6-72H2,1-5H3,(H,86,87)(H,88,89)/t74-,75+,76+/m0/s1. The Bertz CT molecular complexity index is 1890. The van der Waals surface area contributed by atoms with Crippen molar-refractivity contribution >= 4 is 39.5 Å². The molecular weight excluding hydrogens is 1290 g/mol. The van der Waals surface area contributed by atoms with Crippen molar-refractivity contribution < 1.29 is 80.2 Å². The lowest BCUT2D eigenvalue weighted by Crippen LogP contribution is -2.30. The molecule has 0 heterocycles. The van der Waals surface area contributed by atoms with Crippen molar-refractivity contribution in [3.05, 3.63) is 0 Å². The third-order valence-corrected chi connectivity index (χ3v) is 20.7. The average molecular weight is 1450 g/mol. The lowest BCUT2D eigenvalue weighted by atomic mass is 10.0. The van der Waals surface area contributed by atoms with Gasteiger partial charge in [-0.05, 0) is 31.6 Å². The van der Waals surface area contributed by atoms with Crippen molar-refractivity contribution in [3.63, 3.8) is 0 Å². The van der Waals surface area contributed by atoms with E-state index in [0.717, 1.165) is 95.8 Å². The molecule has 588 valence electrons. The van der Waals surface area contributed by atoms with Gasteiger partial charge in [-0.2, -0.15) is 0 Å². The van der Waals surface area contributed by atoms with Crippen molar-refractivity contribution in [2.75, 3.05) is 39.6 Å². The molecule has 0 aliphatic heterocycles. The molecule has 0 rings (SSSR count). The minimum absolute atomic E-state index is 0.108. The van der Waals surface area contributed by atoms with Gasteiger partial charge in [-0.3, -0.25) is 37.3 Å². The first-order valence-corrected chi connectivity index (χ1v) is 44.6. The van der Waals surface area contributed by atoms with Crippen LogP contribution in [-0.4, -0.2) is 96.7 Å². The maximum Gasteiger partial charge on any atom is 0.472 e. The van der Waals surface area contributed by atoms with Gasteiger partial charge in [0, 0.05) is 25.7 Å². The molecule has 0 aromatic carbocycles. The van der Waals surface area contributed by atoms with Gasteiger partial charge in [-0.15, -0.1) is 0 Å². The minimum atomic E-state index is -4.96. The Morgan fingerprint density at radius 1 is 0.273 bits per heavy atom. The van der Waals surface area contributed by atoms with E-state index in [9.17, 15) is 43.2 Å². The first-order chi connectivity index (χ1) is 48.0. The molecule has 99 heavy (non-hydrogen) atoms. The molecule has 2 unspecified atom stereocenters. The molecule has 0 aliphatic rings. The predicted molar refractivity (Wildman–Crippen MR) is 405 cm³/mol. The van der Waals surface area contributed by atoms with E-state index in [1.807, 2.05) is 0 Å². The van der Waals surface area contributed by atoms with Crippen molar-refractivity contribution in [2.45, 2.75) is 445 Å². The number of phosphoric ester groups is 2. The number of rotatable bonds is 80. The summed E-state index contributed by atoms with van der Waals surface area (Å²) in [6.07, 6.45) is 63.6. The highest BCUT2D eigenvalue weighted by Gasteiger charge is 2.30. The lowest BCUT2D eigenvalue weighted by molar-refractivity contribution is -0.161. The number of aliphatic hydroxyl groups is 1. The third-order valence-electron chi connectivity index (χ3n) is 18.8. The first-order valence-electron chi connectivity index (χ1n) is 41.6. The van der Waals surface area contributed by atoms with Crippen molar-refractivity contribution in [1.82, 2.24) is 0 Å². The molecule has 19 heteroatoms. The van der Waals surface area contributed by atoms with Gasteiger partial charge in [0.25, 0.3) is 0 Å². The molecule has 0 aromatic rings. The summed E-state index contributed by atoms with van der Waals surface area (Å²) in [6.45, 7) is 7.35. The fourth-order valence-electron chi connectivity index (χ4n) is 12.4. The molecule has 0 saturated carbocycles. The molecular formula is C80H156O17P2. The summed E-state index contributed by atoms with van der Waals surface area (Å²) in [7, 11) is -9.92. The molecule has 0 bridgehead atoms. The van der Waals surface area contributed by atoms with Crippen LogP contribution in [0.4, 0.5) is 0 Å². The molecule has 0 aromatic heterocycles. The van der Waals surface area contributed by atoms with E-state index in [0.29, 0.717) is 25.7 Å². The predicted octanol–water partition coefficient (Wildman–Crippen LogP) is 24.0. The lowest BCUT2D eigenvalue weighted by Gasteiger charge is -2.21. The van der Waals surface area contributed by atoms with E-state index < -0.39 is 97.5 Å². The molecule has 0 saturated heterocycles. The Kier molecular flexibility index (Phi) is 71.6. The van der Waals surface area contributed by atoms with Gasteiger partial charge >= 0.3 is 39.5 Å². The molecule has 0 spiro atoms. The Hall–Kier alpha value is -1.94. The first kappa shape index (κ1) is 97.1. The van der Waals surface area contributed by atoms with Crippen molar-refractivity contribution in [2.24, 2.45) is 5.92 Å². The van der Waals surface area contributed by atoms with Crippen LogP contribution < -0.4 is 0 Å². The second-order valence-corrected chi connectivity index (χ2v) is 32.2. The fourth-order valence-corrected chi connectivity index (χ4v) is 14.0. The van der Waals surface area contributed by atoms with Gasteiger partial charge < -0.3 is 33.8 Å². The number of phosphoric acid groups is 2. The molecule has 3 N–H and O–H groups in total. The zero-order chi connectivity index (χ0) is 72.7. The van der Waals surface area contributed by atoms with Crippen molar-refractivity contribution in [3.8, 4) is 0 Å². The summed E-state index contributed by atoms with van der Waals surface area (Å²) >= 11 is 0. The Balaban J connectivity index is 5.25. The van der Waals surface area contributed by atoms with Crippen LogP contribution in [-0.2, 0) is 65.4 Å². The number of aliphatic hydroxyl groups excluding tert-OH is 1. The van der Waals surface area contributed by atoms with Crippen LogP contribution in [0.15, 0.2) is 0 Å². The van der Waals surface area contributed by atoms with E-state index >= 15 is 0 Å². The van der Waals surface area contributed by atoms with E-state index in [-0.39, 0.29) is 25.7 Å². The average Bonchev–Trinajstić information content (AvgIpc) is 2.40. The maximum absolute atomic E-state index is 13.1. The van der Waals surface area contributed by atoms with E-state index in [1.165, 1.54) is 250 Å². The fraction of sp³-hybridized carbons (Fsp3) is 0.950. The third kappa shape index (κ3) is 74.1. The second kappa shape index (κ2) is 73.0. The Morgan fingerprint density at radius 2 is 0.465 bits per heavy atom. The summed E-state index contributed by atoms with van der Waals surface area (Å²) in [5, 5.41) is 10.6. The number of carbonyl (C=O) groups excluding carboxylic acids is 4. The Morgan fingerprint density at radius 3 is 0.687 bits per heavy atom. The Labute approximate surface area is 607 Å². The van der Waals surface area contributed by atoms with Crippen LogP contribution in [0.5, 0.6) is 0 Å². The largest absolute Gasteiger partial charge is 0.472 e. The highest BCUT2D eigenvalue weighted by atomic mass is 31.2. The SMILES string of the molecule is CCCCCCCCCCCCCCCCCCC(=O)OC[C@H](COP(=O)(O)OC[C@@H](O)COP(=O)(O)OC[C@@H](COC(=O)CCCCCCCCCCCCC)OC(=O)CCCCCCCCCCCCCCCCCC)OC(=O)CCCCCCCCCCCCCCCC(C)C. The molecule has 17 nitrogen and oxygen atoms in total. The smallest absolute Gasteiger partial charge is 0.462 e. The molecule has 0 amide bonds. The van der Waals surface area contributed by atoms with Crippen LogP contribution in [0.3, 0.4) is 0 Å². The highest BCUT2D eigenvalue weighted by molar-refractivity contribution is 7.47. The summed E-state index contributed by atoms with van der Waals surface area (Å²) < 4.78 is 68.7. The normalized spacial score (nSPS) is 13.9. The van der Waals surface area contributed by atoms with Crippen LogP contribution >= 0.6 is 15.6 Å².